The summed E-state index contributed by atoms with van der Waals surface area (Å²) in [4.78, 5) is 0. The average Bonchev–Trinajstić information content (AvgIpc) is 2.72. The summed E-state index contributed by atoms with van der Waals surface area (Å²) in [5.41, 5.74) is 0.867. The second-order valence-electron chi connectivity index (χ2n) is 7.48. The van der Waals surface area contributed by atoms with E-state index in [0.717, 1.165) is 5.56 Å². The van der Waals surface area contributed by atoms with Crippen molar-refractivity contribution in [3.8, 4) is 0 Å². The van der Waals surface area contributed by atoms with Crippen LogP contribution in [0.15, 0.2) is 30.3 Å². The molecule has 164 valence electrons. The fraction of sp³-hybridized carbons (Fsp3) is 0.700. The molecule has 2 fully saturated rings. The van der Waals surface area contributed by atoms with E-state index >= 15 is 0 Å². The van der Waals surface area contributed by atoms with Crippen LogP contribution in [0.2, 0.25) is 0 Å². The van der Waals surface area contributed by atoms with E-state index in [1.807, 2.05) is 30.3 Å². The number of benzene rings is 1. The van der Waals surface area contributed by atoms with Crippen molar-refractivity contribution in [2.45, 2.75) is 81.9 Å². The lowest BCUT2D eigenvalue weighted by Gasteiger charge is -2.46. The highest BCUT2D eigenvalue weighted by molar-refractivity contribution is 5.13. The van der Waals surface area contributed by atoms with E-state index in [0.29, 0.717) is 0 Å². The first kappa shape index (κ1) is 22.5. The van der Waals surface area contributed by atoms with Crippen LogP contribution in [0.25, 0.3) is 0 Å². The maximum Gasteiger partial charge on any atom is 0.187 e. The first-order valence-electron chi connectivity index (χ1n) is 9.70. The maximum absolute atomic E-state index is 10.6. The van der Waals surface area contributed by atoms with E-state index in [2.05, 4.69) is 0 Å². The summed E-state index contributed by atoms with van der Waals surface area (Å²) in [6.45, 7) is 3.36. The maximum atomic E-state index is 10.6. The van der Waals surface area contributed by atoms with Gasteiger partial charge in [-0.15, -0.1) is 0 Å². The quantitative estimate of drug-likeness (QED) is 0.489. The molecule has 0 radical (unpaired) electrons. The van der Waals surface area contributed by atoms with Crippen molar-refractivity contribution in [3.63, 3.8) is 0 Å². The van der Waals surface area contributed by atoms with Gasteiger partial charge in [0.2, 0.25) is 0 Å². The highest BCUT2D eigenvalue weighted by Crippen LogP contribution is 2.30. The minimum Gasteiger partial charge on any atom is -0.388 e. The summed E-state index contributed by atoms with van der Waals surface area (Å²) >= 11 is 0. The van der Waals surface area contributed by atoms with Crippen LogP contribution in [-0.4, -0.2) is 88.9 Å². The minimum atomic E-state index is -1.30. The van der Waals surface area contributed by atoms with Gasteiger partial charge >= 0.3 is 0 Å². The third-order valence-corrected chi connectivity index (χ3v) is 5.38. The Bertz CT molecular complexity index is 628. The lowest BCUT2D eigenvalue weighted by molar-refractivity contribution is -0.363. The summed E-state index contributed by atoms with van der Waals surface area (Å²) < 4.78 is 28.2. The lowest BCUT2D eigenvalue weighted by Crippen LogP contribution is -2.63. The summed E-state index contributed by atoms with van der Waals surface area (Å²) in [6.07, 6.45) is -10.6. The van der Waals surface area contributed by atoms with Crippen LogP contribution in [0.3, 0.4) is 0 Å². The normalized spacial score (nSPS) is 43.3. The molecule has 1 aromatic rings. The summed E-state index contributed by atoms with van der Waals surface area (Å²) in [7, 11) is 1.39. The van der Waals surface area contributed by atoms with E-state index in [4.69, 9.17) is 23.7 Å². The molecule has 0 aromatic heterocycles. The Morgan fingerprint density at radius 2 is 1.34 bits per heavy atom. The Labute approximate surface area is 169 Å². The molecular weight excluding hydrogens is 384 g/mol. The molecule has 2 aliphatic heterocycles. The number of aliphatic hydroxyl groups excluding tert-OH is 4. The molecule has 0 spiro atoms. The third kappa shape index (κ3) is 4.96. The van der Waals surface area contributed by atoms with Crippen molar-refractivity contribution in [2.24, 2.45) is 0 Å². The van der Waals surface area contributed by atoms with Gasteiger partial charge in [-0.1, -0.05) is 30.3 Å². The molecule has 2 aliphatic rings. The van der Waals surface area contributed by atoms with Gasteiger partial charge in [-0.2, -0.15) is 0 Å². The van der Waals surface area contributed by atoms with Crippen molar-refractivity contribution >= 4 is 0 Å². The van der Waals surface area contributed by atoms with E-state index in [9.17, 15) is 20.4 Å². The molecule has 9 nitrogen and oxygen atoms in total. The summed E-state index contributed by atoms with van der Waals surface area (Å²) in [5, 5.41) is 41.4. The largest absolute Gasteiger partial charge is 0.388 e. The average molecular weight is 414 g/mol. The first-order chi connectivity index (χ1) is 13.8. The monoisotopic (exact) mass is 414 g/mol. The lowest BCUT2D eigenvalue weighted by atomic mass is 9.98. The van der Waals surface area contributed by atoms with Crippen molar-refractivity contribution in [2.75, 3.05) is 7.11 Å². The number of ether oxygens (including phenoxy) is 5. The molecule has 4 N–H and O–H groups in total. The van der Waals surface area contributed by atoms with Gasteiger partial charge in [0, 0.05) is 7.11 Å². The molecule has 0 saturated carbocycles. The molecule has 1 aromatic carbocycles. The molecule has 29 heavy (non-hydrogen) atoms. The summed E-state index contributed by atoms with van der Waals surface area (Å²) in [6, 6.07) is 9.32. The number of hydrogen-bond acceptors (Lipinski definition) is 9. The van der Waals surface area contributed by atoms with Gasteiger partial charge in [0.1, 0.15) is 36.6 Å². The van der Waals surface area contributed by atoms with Gasteiger partial charge in [0.15, 0.2) is 12.6 Å². The van der Waals surface area contributed by atoms with Crippen LogP contribution in [-0.2, 0) is 30.3 Å². The highest BCUT2D eigenvalue weighted by Gasteiger charge is 2.50. The van der Waals surface area contributed by atoms with Gasteiger partial charge in [-0.05, 0) is 19.4 Å². The van der Waals surface area contributed by atoms with E-state index in [1.165, 1.54) is 7.11 Å². The van der Waals surface area contributed by atoms with Gasteiger partial charge < -0.3 is 44.1 Å². The second-order valence-corrected chi connectivity index (χ2v) is 7.48. The van der Waals surface area contributed by atoms with E-state index < -0.39 is 61.4 Å². The third-order valence-electron chi connectivity index (χ3n) is 5.38. The fourth-order valence-corrected chi connectivity index (χ4v) is 3.55. The molecule has 9 heteroatoms. The molecular formula is C20H30O9. The van der Waals surface area contributed by atoms with Crippen LogP contribution >= 0.6 is 0 Å². The molecule has 10 atom stereocenters. The predicted octanol–water partition coefficient (Wildman–Crippen LogP) is -0.463. The van der Waals surface area contributed by atoms with E-state index in [1.54, 1.807) is 13.8 Å². The Hall–Kier alpha value is -1.14. The minimum absolute atomic E-state index is 0.157. The van der Waals surface area contributed by atoms with Crippen molar-refractivity contribution in [3.05, 3.63) is 35.9 Å². The van der Waals surface area contributed by atoms with Crippen LogP contribution in [0.1, 0.15) is 19.4 Å². The van der Waals surface area contributed by atoms with Crippen LogP contribution in [0, 0.1) is 0 Å². The standard InChI is InChI=1S/C20H30O9/c1-10-14(22)16(24)18(19(25-3)27-10)29-20-17(15(23)13(21)11(2)28-20)26-9-12-7-5-4-6-8-12/h4-8,10-11,13-24H,9H2,1-3H3/t10-,11-,13-,14+,15-,16+,17-,18-,19-,20-/m1/s1. The topological polar surface area (TPSA) is 127 Å². The van der Waals surface area contributed by atoms with Crippen molar-refractivity contribution < 1.29 is 44.1 Å². The molecule has 2 saturated heterocycles. The van der Waals surface area contributed by atoms with Gasteiger partial charge in [-0.25, -0.2) is 0 Å². The van der Waals surface area contributed by atoms with Crippen LogP contribution in [0.5, 0.6) is 0 Å². The zero-order valence-corrected chi connectivity index (χ0v) is 16.7. The Kier molecular flexibility index (Phi) is 7.60. The number of rotatable bonds is 6. The van der Waals surface area contributed by atoms with Crippen LogP contribution in [0.4, 0.5) is 0 Å². The Morgan fingerprint density at radius 1 is 0.793 bits per heavy atom. The predicted molar refractivity (Wildman–Crippen MR) is 99.6 cm³/mol. The zero-order chi connectivity index (χ0) is 21.1. The highest BCUT2D eigenvalue weighted by atomic mass is 16.8. The van der Waals surface area contributed by atoms with Crippen molar-refractivity contribution in [1.82, 2.24) is 0 Å². The molecule has 2 heterocycles. The molecule has 0 amide bonds. The second kappa shape index (κ2) is 9.78. The number of methoxy groups -OCH3 is 1. The molecule has 0 unspecified atom stereocenters. The Balaban J connectivity index is 1.75. The van der Waals surface area contributed by atoms with Crippen LogP contribution < -0.4 is 0 Å². The summed E-state index contributed by atoms with van der Waals surface area (Å²) in [5.74, 6) is 0. The molecule has 0 aliphatic carbocycles. The molecule has 3 rings (SSSR count). The number of hydrogen-bond donors (Lipinski definition) is 4. The van der Waals surface area contributed by atoms with Crippen molar-refractivity contribution in [1.29, 1.82) is 0 Å². The van der Waals surface area contributed by atoms with E-state index in [-0.39, 0.29) is 6.61 Å². The number of aliphatic hydroxyl groups is 4. The van der Waals surface area contributed by atoms with Gasteiger partial charge in [-0.3, -0.25) is 0 Å². The zero-order valence-electron chi connectivity index (χ0n) is 16.7. The fourth-order valence-electron chi connectivity index (χ4n) is 3.55. The van der Waals surface area contributed by atoms with Gasteiger partial charge in [0.25, 0.3) is 0 Å². The first-order valence-corrected chi connectivity index (χ1v) is 9.70. The molecule has 0 bridgehead atoms. The Morgan fingerprint density at radius 3 is 1.93 bits per heavy atom. The SMILES string of the molecule is CO[C@@H]1O[C@H](C)[C@H](O)[C@H](O)[C@H]1O[C@H]1O[C@H](C)[C@@H](O)[C@@H](O)[C@H]1OCc1ccccc1. The smallest absolute Gasteiger partial charge is 0.187 e. The van der Waals surface area contributed by atoms with Gasteiger partial charge in [0.05, 0.1) is 18.8 Å².